The van der Waals surface area contributed by atoms with Gasteiger partial charge in [0.2, 0.25) is 0 Å². The molecule has 0 fully saturated rings. The normalized spacial score (nSPS) is 11.2. The monoisotopic (exact) mass is 323 g/mol. The van der Waals surface area contributed by atoms with Gasteiger partial charge >= 0.3 is 5.69 Å². The van der Waals surface area contributed by atoms with Gasteiger partial charge in [-0.05, 0) is 18.2 Å². The summed E-state index contributed by atoms with van der Waals surface area (Å²) in [5.74, 6) is -0.189. The SMILES string of the molecule is NC(=S)c1ccc(S(=O)(=O)CCn2cccnc2=O)cc1. The van der Waals surface area contributed by atoms with Gasteiger partial charge in [0.1, 0.15) is 4.99 Å². The highest BCUT2D eigenvalue weighted by molar-refractivity contribution is 7.91. The minimum atomic E-state index is -3.49. The van der Waals surface area contributed by atoms with Crippen molar-refractivity contribution in [1.82, 2.24) is 9.55 Å². The van der Waals surface area contributed by atoms with Crippen LogP contribution in [0.2, 0.25) is 0 Å². The lowest BCUT2D eigenvalue weighted by molar-refractivity contribution is 0.585. The first-order valence-corrected chi connectivity index (χ1v) is 8.10. The van der Waals surface area contributed by atoms with Gasteiger partial charge in [-0.2, -0.15) is 0 Å². The number of aryl methyl sites for hydroxylation is 1. The van der Waals surface area contributed by atoms with Crippen LogP contribution in [0.4, 0.5) is 0 Å². The Balaban J connectivity index is 2.17. The van der Waals surface area contributed by atoms with Gasteiger partial charge in [0, 0.05) is 24.5 Å². The molecule has 0 spiro atoms. The van der Waals surface area contributed by atoms with Crippen molar-refractivity contribution >= 4 is 27.0 Å². The molecule has 0 saturated carbocycles. The maximum absolute atomic E-state index is 12.2. The van der Waals surface area contributed by atoms with E-state index in [4.69, 9.17) is 18.0 Å². The first kappa shape index (κ1) is 15.3. The van der Waals surface area contributed by atoms with E-state index >= 15 is 0 Å². The first-order valence-electron chi connectivity index (χ1n) is 6.04. The van der Waals surface area contributed by atoms with Gasteiger partial charge in [-0.25, -0.2) is 18.2 Å². The van der Waals surface area contributed by atoms with Crippen molar-refractivity contribution in [3.8, 4) is 0 Å². The third-order valence-corrected chi connectivity index (χ3v) is 4.83. The number of sulfone groups is 1. The standard InChI is InChI=1S/C13H13N3O3S2/c14-12(20)10-2-4-11(5-3-10)21(18,19)9-8-16-7-1-6-15-13(16)17/h1-7H,8-9H2,(H2,14,20). The topological polar surface area (TPSA) is 95.1 Å². The number of aromatic nitrogens is 2. The number of hydrogen-bond acceptors (Lipinski definition) is 5. The van der Waals surface area contributed by atoms with Crippen molar-refractivity contribution in [2.45, 2.75) is 11.4 Å². The molecule has 0 atom stereocenters. The molecule has 6 nitrogen and oxygen atoms in total. The van der Waals surface area contributed by atoms with E-state index in [-0.39, 0.29) is 22.2 Å². The van der Waals surface area contributed by atoms with Crippen molar-refractivity contribution in [3.63, 3.8) is 0 Å². The summed E-state index contributed by atoms with van der Waals surface area (Å²) >= 11 is 4.81. The van der Waals surface area contributed by atoms with Crippen LogP contribution in [-0.2, 0) is 16.4 Å². The second-order valence-electron chi connectivity index (χ2n) is 4.30. The summed E-state index contributed by atoms with van der Waals surface area (Å²) in [4.78, 5) is 15.4. The lowest BCUT2D eigenvalue weighted by Gasteiger charge is -2.07. The van der Waals surface area contributed by atoms with Crippen LogP contribution >= 0.6 is 12.2 Å². The summed E-state index contributed by atoms with van der Waals surface area (Å²) in [6.07, 6.45) is 2.86. The second kappa shape index (κ2) is 6.15. The van der Waals surface area contributed by atoms with Crippen LogP contribution in [-0.4, -0.2) is 28.7 Å². The maximum Gasteiger partial charge on any atom is 0.347 e. The van der Waals surface area contributed by atoms with Crippen molar-refractivity contribution < 1.29 is 8.42 Å². The van der Waals surface area contributed by atoms with E-state index in [1.807, 2.05) is 0 Å². The fourth-order valence-electron chi connectivity index (χ4n) is 1.72. The molecule has 1 aromatic heterocycles. The molecule has 0 aliphatic rings. The molecule has 0 bridgehead atoms. The zero-order valence-corrected chi connectivity index (χ0v) is 12.6. The van der Waals surface area contributed by atoms with Crippen LogP contribution in [0, 0.1) is 0 Å². The number of rotatable bonds is 5. The van der Waals surface area contributed by atoms with E-state index in [0.29, 0.717) is 5.56 Å². The molecule has 0 aliphatic carbocycles. The molecule has 21 heavy (non-hydrogen) atoms. The van der Waals surface area contributed by atoms with Gasteiger partial charge < -0.3 is 5.73 Å². The molecule has 0 radical (unpaired) electrons. The lowest BCUT2D eigenvalue weighted by Crippen LogP contribution is -2.25. The average Bonchev–Trinajstić information content (AvgIpc) is 2.46. The Morgan fingerprint density at radius 1 is 1.29 bits per heavy atom. The summed E-state index contributed by atoms with van der Waals surface area (Å²) in [6.45, 7) is 0.0477. The van der Waals surface area contributed by atoms with Gasteiger partial charge in [0.05, 0.1) is 10.6 Å². The predicted octanol–water partition coefficient (Wildman–Crippen LogP) is 0.351. The number of nitrogens with zero attached hydrogens (tertiary/aromatic N) is 2. The van der Waals surface area contributed by atoms with Gasteiger partial charge in [0.25, 0.3) is 0 Å². The minimum absolute atomic E-state index is 0.0477. The molecule has 110 valence electrons. The van der Waals surface area contributed by atoms with E-state index in [1.54, 1.807) is 18.2 Å². The molecule has 0 amide bonds. The quantitative estimate of drug-likeness (QED) is 0.798. The Morgan fingerprint density at radius 2 is 1.95 bits per heavy atom. The molecule has 0 aliphatic heterocycles. The summed E-state index contributed by atoms with van der Waals surface area (Å²) in [7, 11) is -3.49. The zero-order chi connectivity index (χ0) is 15.5. The number of benzene rings is 1. The Bertz CT molecular complexity index is 811. The average molecular weight is 323 g/mol. The molecule has 1 heterocycles. The van der Waals surface area contributed by atoms with E-state index in [9.17, 15) is 13.2 Å². The van der Waals surface area contributed by atoms with E-state index in [0.717, 1.165) is 0 Å². The van der Waals surface area contributed by atoms with Crippen LogP contribution in [0.5, 0.6) is 0 Å². The second-order valence-corrected chi connectivity index (χ2v) is 6.85. The van der Waals surface area contributed by atoms with Crippen molar-refractivity contribution in [2.24, 2.45) is 5.73 Å². The molecule has 8 heteroatoms. The largest absolute Gasteiger partial charge is 0.389 e. The highest BCUT2D eigenvalue weighted by atomic mass is 32.2. The molecule has 2 rings (SSSR count). The summed E-state index contributed by atoms with van der Waals surface area (Å²) in [6, 6.07) is 7.60. The van der Waals surface area contributed by atoms with Crippen LogP contribution in [0.25, 0.3) is 0 Å². The van der Waals surface area contributed by atoms with E-state index in [2.05, 4.69) is 4.98 Å². The Kier molecular flexibility index (Phi) is 4.49. The van der Waals surface area contributed by atoms with Crippen LogP contribution < -0.4 is 11.4 Å². The summed E-state index contributed by atoms with van der Waals surface area (Å²) in [5.41, 5.74) is 5.59. The zero-order valence-electron chi connectivity index (χ0n) is 11.0. The highest BCUT2D eigenvalue weighted by Gasteiger charge is 2.15. The number of nitrogens with two attached hydrogens (primary N) is 1. The summed E-state index contributed by atoms with van der Waals surface area (Å²) < 4.78 is 25.6. The Morgan fingerprint density at radius 3 is 2.52 bits per heavy atom. The van der Waals surface area contributed by atoms with E-state index in [1.165, 1.54) is 29.1 Å². The van der Waals surface area contributed by atoms with Gasteiger partial charge in [-0.3, -0.25) is 4.57 Å². The summed E-state index contributed by atoms with van der Waals surface area (Å²) in [5, 5.41) is 0. The number of thiocarbonyl (C=S) groups is 1. The molecule has 0 unspecified atom stereocenters. The third kappa shape index (κ3) is 3.73. The van der Waals surface area contributed by atoms with Crippen LogP contribution in [0.3, 0.4) is 0 Å². The first-order chi connectivity index (χ1) is 9.90. The molecular weight excluding hydrogens is 310 g/mol. The minimum Gasteiger partial charge on any atom is -0.389 e. The fraction of sp³-hybridized carbons (Fsp3) is 0.154. The van der Waals surface area contributed by atoms with Gasteiger partial charge in [-0.1, -0.05) is 24.4 Å². The maximum atomic E-state index is 12.2. The smallest absolute Gasteiger partial charge is 0.347 e. The third-order valence-electron chi connectivity index (χ3n) is 2.88. The predicted molar refractivity (Wildman–Crippen MR) is 82.9 cm³/mol. The van der Waals surface area contributed by atoms with Gasteiger partial charge in [-0.15, -0.1) is 0 Å². The van der Waals surface area contributed by atoms with Crippen molar-refractivity contribution in [1.29, 1.82) is 0 Å². The van der Waals surface area contributed by atoms with Crippen molar-refractivity contribution in [3.05, 3.63) is 58.8 Å². The van der Waals surface area contributed by atoms with E-state index < -0.39 is 15.5 Å². The molecular formula is C13H13N3O3S2. The van der Waals surface area contributed by atoms with Crippen molar-refractivity contribution in [2.75, 3.05) is 5.75 Å². The Labute approximate surface area is 127 Å². The van der Waals surface area contributed by atoms with Gasteiger partial charge in [0.15, 0.2) is 9.84 Å². The van der Waals surface area contributed by atoms with Crippen LogP contribution in [0.1, 0.15) is 5.56 Å². The molecule has 2 N–H and O–H groups in total. The number of hydrogen-bond donors (Lipinski definition) is 1. The lowest BCUT2D eigenvalue weighted by atomic mass is 10.2. The molecule has 0 saturated heterocycles. The highest BCUT2D eigenvalue weighted by Crippen LogP contribution is 2.12. The fourth-order valence-corrected chi connectivity index (χ4v) is 3.08. The van der Waals surface area contributed by atoms with Crippen LogP contribution in [0.15, 0.2) is 52.4 Å². The molecule has 1 aromatic carbocycles. The Hall–Kier alpha value is -2.06. The molecule has 2 aromatic rings.